The van der Waals surface area contributed by atoms with Gasteiger partial charge in [0.1, 0.15) is 12.6 Å². The summed E-state index contributed by atoms with van der Waals surface area (Å²) < 4.78 is 5.54. The van der Waals surface area contributed by atoms with Gasteiger partial charge in [0.25, 0.3) is 0 Å². The van der Waals surface area contributed by atoms with Crippen LogP contribution in [0.25, 0.3) is 0 Å². The van der Waals surface area contributed by atoms with E-state index < -0.39 is 0 Å². The summed E-state index contributed by atoms with van der Waals surface area (Å²) in [6.45, 7) is 2.46. The molecule has 0 heterocycles. The van der Waals surface area contributed by atoms with Crippen molar-refractivity contribution in [3.05, 3.63) is 30.3 Å². The lowest BCUT2D eigenvalue weighted by atomic mass is 9.85. The van der Waals surface area contributed by atoms with E-state index in [-0.39, 0.29) is 18.6 Å². The Bertz CT molecular complexity index is 391. The lowest BCUT2D eigenvalue weighted by Gasteiger charge is -2.28. The van der Waals surface area contributed by atoms with Gasteiger partial charge < -0.3 is 10.1 Å². The Kier molecular flexibility index (Phi) is 5.25. The van der Waals surface area contributed by atoms with Crippen molar-refractivity contribution in [2.75, 3.05) is 11.9 Å². The van der Waals surface area contributed by atoms with Crippen molar-refractivity contribution in [1.82, 2.24) is 0 Å². The van der Waals surface area contributed by atoms with Crippen LogP contribution in [0, 0.1) is 5.92 Å². The van der Waals surface area contributed by atoms with Crippen LogP contribution in [0.15, 0.2) is 30.3 Å². The van der Waals surface area contributed by atoms with E-state index in [2.05, 4.69) is 12.2 Å². The number of carbonyl (C=O) groups excluding carboxylic acids is 1. The Morgan fingerprint density at radius 3 is 2.84 bits per heavy atom. The van der Waals surface area contributed by atoms with Gasteiger partial charge >= 0.3 is 5.97 Å². The first-order valence-corrected chi connectivity index (χ1v) is 7.26. The van der Waals surface area contributed by atoms with Gasteiger partial charge in [-0.2, -0.15) is 0 Å². The molecular weight excluding hydrogens is 238 g/mol. The molecule has 1 aromatic carbocycles. The Balaban J connectivity index is 1.72. The number of hydrogen-bond acceptors (Lipinski definition) is 3. The predicted octanol–water partition coefficient (Wildman–Crippen LogP) is 3.61. The summed E-state index contributed by atoms with van der Waals surface area (Å²) in [7, 11) is 0. The molecule has 0 aliphatic heterocycles. The Morgan fingerprint density at radius 1 is 1.32 bits per heavy atom. The molecule has 2 rings (SSSR count). The zero-order valence-electron chi connectivity index (χ0n) is 11.6. The lowest BCUT2D eigenvalue weighted by Crippen LogP contribution is -2.28. The first kappa shape index (κ1) is 13.9. The quantitative estimate of drug-likeness (QED) is 0.823. The minimum atomic E-state index is -0.148. The van der Waals surface area contributed by atoms with Crippen molar-refractivity contribution < 1.29 is 9.53 Å². The molecular formula is C16H23NO2. The molecule has 3 nitrogen and oxygen atoms in total. The summed E-state index contributed by atoms with van der Waals surface area (Å²) in [4.78, 5) is 11.8. The molecule has 3 heteroatoms. The van der Waals surface area contributed by atoms with Crippen molar-refractivity contribution in [1.29, 1.82) is 0 Å². The molecule has 1 aromatic rings. The molecule has 104 valence electrons. The van der Waals surface area contributed by atoms with Crippen molar-refractivity contribution in [2.45, 2.75) is 45.1 Å². The Labute approximate surface area is 115 Å². The van der Waals surface area contributed by atoms with Gasteiger partial charge in [-0.15, -0.1) is 0 Å². The number of anilines is 1. The highest BCUT2D eigenvalue weighted by atomic mass is 16.5. The van der Waals surface area contributed by atoms with Crippen molar-refractivity contribution in [3.8, 4) is 0 Å². The molecule has 1 aliphatic carbocycles. The number of carbonyl (C=O) groups is 1. The van der Waals surface area contributed by atoms with Gasteiger partial charge in [0.2, 0.25) is 0 Å². The van der Waals surface area contributed by atoms with E-state index in [1.54, 1.807) is 0 Å². The third kappa shape index (κ3) is 4.58. The van der Waals surface area contributed by atoms with E-state index in [1.165, 1.54) is 19.3 Å². The van der Waals surface area contributed by atoms with E-state index in [1.807, 2.05) is 30.3 Å². The van der Waals surface area contributed by atoms with Crippen molar-refractivity contribution >= 4 is 11.7 Å². The molecule has 1 saturated carbocycles. The van der Waals surface area contributed by atoms with Crippen LogP contribution in [0.4, 0.5) is 5.69 Å². The SMILES string of the molecule is CCC1CCCC(OC(=O)CNc2ccccc2)C1. The average Bonchev–Trinajstić information content (AvgIpc) is 2.46. The van der Waals surface area contributed by atoms with Crippen LogP contribution in [0.5, 0.6) is 0 Å². The van der Waals surface area contributed by atoms with Crippen molar-refractivity contribution in [3.63, 3.8) is 0 Å². The monoisotopic (exact) mass is 261 g/mol. The fourth-order valence-corrected chi connectivity index (χ4v) is 2.68. The molecule has 1 aliphatic rings. The van der Waals surface area contributed by atoms with Crippen LogP contribution in [-0.2, 0) is 9.53 Å². The predicted molar refractivity (Wildman–Crippen MR) is 77.1 cm³/mol. The molecule has 19 heavy (non-hydrogen) atoms. The fraction of sp³-hybridized carbons (Fsp3) is 0.562. The van der Waals surface area contributed by atoms with Crippen LogP contribution >= 0.6 is 0 Å². The lowest BCUT2D eigenvalue weighted by molar-refractivity contribution is -0.149. The van der Waals surface area contributed by atoms with Crippen LogP contribution < -0.4 is 5.32 Å². The highest BCUT2D eigenvalue weighted by Crippen LogP contribution is 2.28. The van der Waals surface area contributed by atoms with Gasteiger partial charge in [-0.05, 0) is 37.3 Å². The maximum atomic E-state index is 11.8. The molecule has 0 aromatic heterocycles. The largest absolute Gasteiger partial charge is 0.461 e. The van der Waals surface area contributed by atoms with Crippen LogP contribution in [0.2, 0.25) is 0 Å². The Morgan fingerprint density at radius 2 is 2.11 bits per heavy atom. The molecule has 0 spiro atoms. The maximum Gasteiger partial charge on any atom is 0.325 e. The molecule has 1 N–H and O–H groups in total. The smallest absolute Gasteiger partial charge is 0.325 e. The van der Waals surface area contributed by atoms with E-state index in [0.717, 1.165) is 24.4 Å². The van der Waals surface area contributed by atoms with Gasteiger partial charge in [-0.1, -0.05) is 38.0 Å². The minimum Gasteiger partial charge on any atom is -0.461 e. The van der Waals surface area contributed by atoms with E-state index >= 15 is 0 Å². The van der Waals surface area contributed by atoms with E-state index in [0.29, 0.717) is 0 Å². The first-order valence-electron chi connectivity index (χ1n) is 7.26. The summed E-state index contributed by atoms with van der Waals surface area (Å²) >= 11 is 0. The summed E-state index contributed by atoms with van der Waals surface area (Å²) in [5, 5.41) is 3.08. The number of benzene rings is 1. The van der Waals surface area contributed by atoms with Gasteiger partial charge in [0.05, 0.1) is 0 Å². The highest BCUT2D eigenvalue weighted by Gasteiger charge is 2.23. The molecule has 0 bridgehead atoms. The second-order valence-corrected chi connectivity index (χ2v) is 5.27. The fourth-order valence-electron chi connectivity index (χ4n) is 2.68. The third-order valence-electron chi connectivity index (χ3n) is 3.82. The number of esters is 1. The molecule has 0 amide bonds. The zero-order valence-corrected chi connectivity index (χ0v) is 11.6. The van der Waals surface area contributed by atoms with Crippen LogP contribution in [0.3, 0.4) is 0 Å². The summed E-state index contributed by atoms with van der Waals surface area (Å²) in [6.07, 6.45) is 5.84. The van der Waals surface area contributed by atoms with E-state index in [9.17, 15) is 4.79 Å². The van der Waals surface area contributed by atoms with Gasteiger partial charge in [-0.25, -0.2) is 0 Å². The standard InChI is InChI=1S/C16H23NO2/c1-2-13-7-6-10-15(11-13)19-16(18)12-17-14-8-4-3-5-9-14/h3-5,8-9,13,15,17H,2,6-7,10-12H2,1H3. The first-order chi connectivity index (χ1) is 9.28. The number of hydrogen-bond donors (Lipinski definition) is 1. The normalized spacial score (nSPS) is 22.8. The topological polar surface area (TPSA) is 38.3 Å². The average molecular weight is 261 g/mol. The highest BCUT2D eigenvalue weighted by molar-refractivity contribution is 5.75. The molecule has 2 atom stereocenters. The van der Waals surface area contributed by atoms with Crippen molar-refractivity contribution in [2.24, 2.45) is 5.92 Å². The number of para-hydroxylation sites is 1. The molecule has 2 unspecified atom stereocenters. The van der Waals surface area contributed by atoms with Crippen LogP contribution in [-0.4, -0.2) is 18.6 Å². The second-order valence-electron chi connectivity index (χ2n) is 5.27. The molecule has 0 radical (unpaired) electrons. The van der Waals surface area contributed by atoms with E-state index in [4.69, 9.17) is 4.74 Å². The van der Waals surface area contributed by atoms with Gasteiger partial charge in [0, 0.05) is 5.69 Å². The minimum absolute atomic E-state index is 0.128. The maximum absolute atomic E-state index is 11.8. The number of ether oxygens (including phenoxy) is 1. The van der Waals surface area contributed by atoms with Gasteiger partial charge in [-0.3, -0.25) is 4.79 Å². The number of nitrogens with one attached hydrogen (secondary N) is 1. The molecule has 1 fully saturated rings. The van der Waals surface area contributed by atoms with Gasteiger partial charge in [0.15, 0.2) is 0 Å². The molecule has 0 saturated heterocycles. The third-order valence-corrected chi connectivity index (χ3v) is 3.82. The zero-order chi connectivity index (χ0) is 13.5. The summed E-state index contributed by atoms with van der Waals surface area (Å²) in [5.74, 6) is 0.583. The van der Waals surface area contributed by atoms with Crippen LogP contribution in [0.1, 0.15) is 39.0 Å². The summed E-state index contributed by atoms with van der Waals surface area (Å²) in [5.41, 5.74) is 0.953. The second kappa shape index (κ2) is 7.17. The summed E-state index contributed by atoms with van der Waals surface area (Å²) in [6, 6.07) is 9.74. The number of rotatable bonds is 5. The Hall–Kier alpha value is -1.51.